The van der Waals surface area contributed by atoms with E-state index >= 15 is 0 Å². The Bertz CT molecular complexity index is 193. The molecule has 0 aliphatic rings. The predicted molar refractivity (Wildman–Crippen MR) is 78.6 cm³/mol. The minimum absolute atomic E-state index is 0.263. The van der Waals surface area contributed by atoms with Crippen LogP contribution in [0.15, 0.2) is 0 Å². The molecule has 104 valence electrons. The van der Waals surface area contributed by atoms with Gasteiger partial charge in [0.15, 0.2) is 0 Å². The van der Waals surface area contributed by atoms with Crippen LogP contribution in [0.1, 0.15) is 67.7 Å². The molecule has 0 amide bonds. The summed E-state index contributed by atoms with van der Waals surface area (Å²) in [5.74, 6) is 0. The van der Waals surface area contributed by atoms with Gasteiger partial charge in [0.05, 0.1) is 0 Å². The number of hydrogen-bond donors (Lipinski definition) is 1. The number of nitrogens with zero attached hydrogens (tertiary/aromatic N) is 1. The largest absolute Gasteiger partial charge is 0.312 e. The Morgan fingerprint density at radius 3 is 2.06 bits per heavy atom. The van der Waals surface area contributed by atoms with Crippen LogP contribution >= 0.6 is 0 Å². The van der Waals surface area contributed by atoms with Gasteiger partial charge in [0.2, 0.25) is 0 Å². The van der Waals surface area contributed by atoms with Crippen LogP contribution in [0.4, 0.5) is 0 Å². The summed E-state index contributed by atoms with van der Waals surface area (Å²) in [5.41, 5.74) is 0.263. The third-order valence-corrected chi connectivity index (χ3v) is 4.47. The quantitative estimate of drug-likeness (QED) is 0.664. The van der Waals surface area contributed by atoms with E-state index < -0.39 is 0 Å². The van der Waals surface area contributed by atoms with Crippen molar-refractivity contribution in [3.63, 3.8) is 0 Å². The minimum atomic E-state index is 0.263. The van der Waals surface area contributed by atoms with Crippen LogP contribution in [0.3, 0.4) is 0 Å². The standard InChI is InChI=1S/C15H34N2/c1-8-12-16-14(6)15(7,10-3)17(11-4)13(5)9-2/h13-14,16H,8-12H2,1-7H3. The van der Waals surface area contributed by atoms with Gasteiger partial charge in [-0.25, -0.2) is 0 Å². The van der Waals surface area contributed by atoms with Crippen molar-refractivity contribution in [3.8, 4) is 0 Å². The molecular weight excluding hydrogens is 208 g/mol. The summed E-state index contributed by atoms with van der Waals surface area (Å²) >= 11 is 0. The molecule has 2 heteroatoms. The van der Waals surface area contributed by atoms with Crippen molar-refractivity contribution in [1.29, 1.82) is 0 Å². The van der Waals surface area contributed by atoms with Crippen molar-refractivity contribution in [1.82, 2.24) is 10.2 Å². The molecule has 0 spiro atoms. The summed E-state index contributed by atoms with van der Waals surface area (Å²) in [6, 6.07) is 1.21. The van der Waals surface area contributed by atoms with Crippen LogP contribution in [-0.2, 0) is 0 Å². The Kier molecular flexibility index (Phi) is 8.06. The number of likely N-dealkylation sites (N-methyl/N-ethyl adjacent to an activating group) is 1. The fourth-order valence-electron chi connectivity index (χ4n) is 2.74. The average Bonchev–Trinajstić information content (AvgIpc) is 2.35. The SMILES string of the molecule is CCCNC(C)C(C)(CC)N(CC)C(C)CC. The monoisotopic (exact) mass is 242 g/mol. The Balaban J connectivity index is 4.81. The van der Waals surface area contributed by atoms with Crippen LogP contribution in [0.5, 0.6) is 0 Å². The molecule has 17 heavy (non-hydrogen) atoms. The van der Waals surface area contributed by atoms with Gasteiger partial charge in [-0.05, 0) is 53.1 Å². The molecule has 3 atom stereocenters. The maximum absolute atomic E-state index is 3.68. The maximum atomic E-state index is 3.68. The predicted octanol–water partition coefficient (Wildman–Crippen LogP) is 3.66. The molecular formula is C15H34N2. The summed E-state index contributed by atoms with van der Waals surface area (Å²) in [5, 5.41) is 3.68. The Labute approximate surface area is 109 Å². The van der Waals surface area contributed by atoms with E-state index in [9.17, 15) is 0 Å². The molecule has 0 aromatic rings. The molecule has 0 aliphatic heterocycles. The van der Waals surface area contributed by atoms with Gasteiger partial charge >= 0.3 is 0 Å². The average molecular weight is 242 g/mol. The van der Waals surface area contributed by atoms with Crippen molar-refractivity contribution < 1.29 is 0 Å². The summed E-state index contributed by atoms with van der Waals surface area (Å²) in [6.45, 7) is 18.5. The summed E-state index contributed by atoms with van der Waals surface area (Å²) in [4.78, 5) is 2.67. The van der Waals surface area contributed by atoms with Gasteiger partial charge in [0.1, 0.15) is 0 Å². The number of hydrogen-bond acceptors (Lipinski definition) is 2. The first-order chi connectivity index (χ1) is 7.97. The lowest BCUT2D eigenvalue weighted by atomic mass is 9.86. The third kappa shape index (κ3) is 4.26. The highest BCUT2D eigenvalue weighted by atomic mass is 15.2. The molecule has 3 unspecified atom stereocenters. The van der Waals surface area contributed by atoms with Gasteiger partial charge in [-0.3, -0.25) is 4.90 Å². The zero-order valence-electron chi connectivity index (χ0n) is 13.1. The topological polar surface area (TPSA) is 15.3 Å². The molecule has 0 rings (SSSR count). The molecule has 0 bridgehead atoms. The molecule has 0 radical (unpaired) electrons. The van der Waals surface area contributed by atoms with Gasteiger partial charge in [-0.15, -0.1) is 0 Å². The second kappa shape index (κ2) is 8.10. The van der Waals surface area contributed by atoms with E-state index in [1.54, 1.807) is 0 Å². The zero-order valence-corrected chi connectivity index (χ0v) is 13.1. The second-order valence-electron chi connectivity index (χ2n) is 5.43. The van der Waals surface area contributed by atoms with E-state index in [-0.39, 0.29) is 5.54 Å². The lowest BCUT2D eigenvalue weighted by molar-refractivity contribution is 0.0353. The number of nitrogens with one attached hydrogen (secondary N) is 1. The highest BCUT2D eigenvalue weighted by Crippen LogP contribution is 2.26. The van der Waals surface area contributed by atoms with Crippen LogP contribution < -0.4 is 5.32 Å². The van der Waals surface area contributed by atoms with Crippen molar-refractivity contribution in [2.24, 2.45) is 0 Å². The van der Waals surface area contributed by atoms with Crippen LogP contribution in [0.2, 0.25) is 0 Å². The lowest BCUT2D eigenvalue weighted by Crippen LogP contribution is -2.60. The van der Waals surface area contributed by atoms with E-state index in [0.717, 1.165) is 13.1 Å². The molecule has 0 aliphatic carbocycles. The summed E-state index contributed by atoms with van der Waals surface area (Å²) < 4.78 is 0. The molecule has 0 saturated heterocycles. The smallest absolute Gasteiger partial charge is 0.0331 e. The second-order valence-corrected chi connectivity index (χ2v) is 5.43. The molecule has 2 nitrogen and oxygen atoms in total. The molecule has 0 aromatic heterocycles. The fraction of sp³-hybridized carbons (Fsp3) is 1.00. The van der Waals surface area contributed by atoms with Gasteiger partial charge in [0.25, 0.3) is 0 Å². The normalized spacial score (nSPS) is 19.1. The van der Waals surface area contributed by atoms with E-state index in [2.05, 4.69) is 58.7 Å². The number of rotatable bonds is 9. The van der Waals surface area contributed by atoms with Crippen LogP contribution in [-0.4, -0.2) is 35.6 Å². The van der Waals surface area contributed by atoms with E-state index in [1.807, 2.05) is 0 Å². The third-order valence-electron chi connectivity index (χ3n) is 4.47. The molecule has 0 fully saturated rings. The zero-order chi connectivity index (χ0) is 13.5. The maximum Gasteiger partial charge on any atom is 0.0331 e. The Morgan fingerprint density at radius 2 is 1.71 bits per heavy atom. The summed E-state index contributed by atoms with van der Waals surface area (Å²) in [6.07, 6.45) is 3.63. The first-order valence-corrected chi connectivity index (χ1v) is 7.47. The van der Waals surface area contributed by atoms with Gasteiger partial charge in [-0.2, -0.15) is 0 Å². The van der Waals surface area contributed by atoms with Crippen molar-refractivity contribution >= 4 is 0 Å². The molecule has 0 heterocycles. The minimum Gasteiger partial charge on any atom is -0.312 e. The van der Waals surface area contributed by atoms with Gasteiger partial charge < -0.3 is 5.32 Å². The Morgan fingerprint density at radius 1 is 1.12 bits per heavy atom. The van der Waals surface area contributed by atoms with Crippen molar-refractivity contribution in [2.75, 3.05) is 13.1 Å². The van der Waals surface area contributed by atoms with E-state index in [1.165, 1.54) is 19.3 Å². The fourth-order valence-corrected chi connectivity index (χ4v) is 2.74. The van der Waals surface area contributed by atoms with Gasteiger partial charge in [-0.1, -0.05) is 27.7 Å². The van der Waals surface area contributed by atoms with Gasteiger partial charge in [0, 0.05) is 17.6 Å². The van der Waals surface area contributed by atoms with Crippen molar-refractivity contribution in [2.45, 2.75) is 85.4 Å². The van der Waals surface area contributed by atoms with E-state index in [4.69, 9.17) is 0 Å². The van der Waals surface area contributed by atoms with Crippen LogP contribution in [0.25, 0.3) is 0 Å². The highest BCUT2D eigenvalue weighted by Gasteiger charge is 2.36. The Hall–Kier alpha value is -0.0800. The van der Waals surface area contributed by atoms with Crippen LogP contribution in [0, 0.1) is 0 Å². The molecule has 0 saturated carbocycles. The highest BCUT2D eigenvalue weighted by molar-refractivity contribution is 4.95. The van der Waals surface area contributed by atoms with E-state index in [0.29, 0.717) is 12.1 Å². The van der Waals surface area contributed by atoms with Crippen molar-refractivity contribution in [3.05, 3.63) is 0 Å². The summed E-state index contributed by atoms with van der Waals surface area (Å²) in [7, 11) is 0. The molecule has 0 aromatic carbocycles. The molecule has 1 N–H and O–H groups in total. The first kappa shape index (κ1) is 16.9. The first-order valence-electron chi connectivity index (χ1n) is 7.47. The lowest BCUT2D eigenvalue weighted by Gasteiger charge is -2.48.